The zero-order chi connectivity index (χ0) is 31.1. The minimum Gasteiger partial charge on any atom is -0.464 e. The number of aliphatic hydroxyl groups excluding tert-OH is 2. The maximum absolute atomic E-state index is 14.4. The molecule has 3 aromatic rings. The summed E-state index contributed by atoms with van der Waals surface area (Å²) >= 11 is 0. The minimum absolute atomic E-state index is 0.179. The van der Waals surface area contributed by atoms with Gasteiger partial charge in [0.2, 0.25) is 0 Å². The average molecular weight is 621 g/mol. The third kappa shape index (κ3) is 7.23. The normalized spacial score (nSPS) is 23.0. The topological polar surface area (TPSA) is 174 Å². The van der Waals surface area contributed by atoms with E-state index in [2.05, 4.69) is 20.5 Å². The summed E-state index contributed by atoms with van der Waals surface area (Å²) in [4.78, 5) is 29.1. The maximum atomic E-state index is 14.4. The molecule has 4 N–H and O–H groups in total. The third-order valence-corrected chi connectivity index (χ3v) is 8.46. The van der Waals surface area contributed by atoms with E-state index >= 15 is 0 Å². The van der Waals surface area contributed by atoms with Gasteiger partial charge >= 0.3 is 14.1 Å². The molecule has 0 aliphatic carbocycles. The van der Waals surface area contributed by atoms with Crippen LogP contribution < -0.4 is 10.4 Å². The lowest BCUT2D eigenvalue weighted by molar-refractivity contribution is -0.146. The molecule has 0 bridgehead atoms. The van der Waals surface area contributed by atoms with Crippen LogP contribution in [0.15, 0.2) is 48.8 Å². The summed E-state index contributed by atoms with van der Waals surface area (Å²) in [6.07, 6.45) is -1.76. The number of carbonyl (C=O) groups excluding carboxylic acids is 2. The number of carbonyl (C=O) groups is 2. The summed E-state index contributed by atoms with van der Waals surface area (Å²) in [6, 6.07) is 10.7. The number of rotatable bonds is 14. The molecule has 15 heteroatoms. The number of anilines is 1. The van der Waals surface area contributed by atoms with Crippen molar-refractivity contribution < 1.29 is 42.8 Å². The molecular weight excluding hydrogens is 584 g/mol. The van der Waals surface area contributed by atoms with Gasteiger partial charge in [0, 0.05) is 5.56 Å². The van der Waals surface area contributed by atoms with E-state index in [9.17, 15) is 28.8 Å². The number of fused-ring (bicyclic) bond motifs is 1. The number of ether oxygens (including phenoxy) is 2. The van der Waals surface area contributed by atoms with E-state index in [0.717, 1.165) is 12.8 Å². The Morgan fingerprint density at radius 3 is 2.58 bits per heavy atom. The van der Waals surface area contributed by atoms with Gasteiger partial charge in [-0.2, -0.15) is 5.10 Å². The Hall–Kier alpha value is -3.39. The number of amides is 1. The van der Waals surface area contributed by atoms with Crippen LogP contribution in [0.4, 0.5) is 10.2 Å². The van der Waals surface area contributed by atoms with Gasteiger partial charge < -0.3 is 25.0 Å². The van der Waals surface area contributed by atoms with Crippen molar-refractivity contribution in [3.05, 3.63) is 60.0 Å². The molecule has 3 heterocycles. The fourth-order valence-electron chi connectivity index (χ4n) is 4.67. The van der Waals surface area contributed by atoms with Crippen molar-refractivity contribution in [2.24, 2.45) is 5.92 Å². The number of hydrogen-bond acceptors (Lipinski definition) is 10. The van der Waals surface area contributed by atoms with E-state index in [-0.39, 0.29) is 24.0 Å². The maximum Gasteiger partial charge on any atom is 0.613 e. The Morgan fingerprint density at radius 2 is 1.91 bits per heavy atom. The molecule has 232 valence electrons. The molecule has 1 saturated heterocycles. The number of nitrogens with one attached hydrogen (secondary N) is 2. The molecular formula is C28H36FN5O8P+. The number of benzene rings is 1. The predicted molar refractivity (Wildman–Crippen MR) is 153 cm³/mol. The van der Waals surface area contributed by atoms with E-state index < -0.39 is 63.3 Å². The van der Waals surface area contributed by atoms with E-state index in [1.54, 1.807) is 36.4 Å². The van der Waals surface area contributed by atoms with E-state index in [4.69, 9.17) is 14.0 Å². The van der Waals surface area contributed by atoms with Crippen LogP contribution in [0.25, 0.3) is 5.52 Å². The number of esters is 1. The van der Waals surface area contributed by atoms with Crippen LogP contribution >= 0.6 is 8.18 Å². The van der Waals surface area contributed by atoms with Gasteiger partial charge in [-0.3, -0.25) is 9.59 Å². The van der Waals surface area contributed by atoms with E-state index in [0.29, 0.717) is 11.1 Å². The van der Waals surface area contributed by atoms with E-state index in [1.165, 1.54) is 23.8 Å². The molecule has 1 amide bonds. The second-order valence-corrected chi connectivity index (χ2v) is 11.4. The zero-order valence-corrected chi connectivity index (χ0v) is 24.9. The van der Waals surface area contributed by atoms with Crippen molar-refractivity contribution in [1.29, 1.82) is 0 Å². The van der Waals surface area contributed by atoms with Gasteiger partial charge in [0.15, 0.2) is 11.4 Å². The number of alkyl halides is 1. The standard InChI is InChI=1S/C28H35FN5O8P/c1-4-18(5-2)13-40-27(38)17(3)33-43(39)41-15-28(14-29)24(36)22(35)23(42-28)20-11-12-21-25(30-16-31-34(20)21)32-26(37)19-9-7-6-8-10-19/h6-12,16-18,22-24,35-36H,4-5,13-15H2,1-3H3,(H-,30,31,32,33,37,39)/p+1/t17-,22-,23-,24-,28+/m0/s1. The number of aromatic nitrogens is 3. The highest BCUT2D eigenvalue weighted by atomic mass is 31.1. The fraction of sp³-hybridized carbons (Fsp3) is 0.500. The quantitative estimate of drug-likeness (QED) is 0.154. The summed E-state index contributed by atoms with van der Waals surface area (Å²) in [7, 11) is -2.70. The average Bonchev–Trinajstić information content (AvgIpc) is 3.56. The molecule has 0 radical (unpaired) electrons. The third-order valence-electron chi connectivity index (χ3n) is 7.50. The van der Waals surface area contributed by atoms with Gasteiger partial charge in [-0.05, 0) is 41.7 Å². The van der Waals surface area contributed by atoms with Crippen LogP contribution in [-0.2, 0) is 23.4 Å². The van der Waals surface area contributed by atoms with Crippen LogP contribution in [0.2, 0.25) is 0 Å². The first kappa shape index (κ1) is 32.5. The minimum atomic E-state index is -2.70. The highest BCUT2D eigenvalue weighted by Crippen LogP contribution is 2.42. The van der Waals surface area contributed by atoms with Crippen molar-refractivity contribution in [3.63, 3.8) is 0 Å². The fourth-order valence-corrected chi connectivity index (χ4v) is 5.51. The van der Waals surface area contributed by atoms with E-state index in [1.807, 2.05) is 13.8 Å². The molecule has 1 aliphatic heterocycles. The van der Waals surface area contributed by atoms with Crippen molar-refractivity contribution >= 4 is 31.4 Å². The molecule has 1 unspecified atom stereocenters. The van der Waals surface area contributed by atoms with Crippen molar-refractivity contribution in [2.45, 2.75) is 63.6 Å². The molecule has 1 fully saturated rings. The second-order valence-electron chi connectivity index (χ2n) is 10.4. The number of aliphatic hydroxyl groups is 2. The lowest BCUT2D eigenvalue weighted by atomic mass is 9.96. The van der Waals surface area contributed by atoms with Gasteiger partial charge in [0.25, 0.3) is 5.91 Å². The van der Waals surface area contributed by atoms with Crippen LogP contribution in [0, 0.1) is 5.92 Å². The predicted octanol–water partition coefficient (Wildman–Crippen LogP) is 3.11. The summed E-state index contributed by atoms with van der Waals surface area (Å²) in [5.41, 5.74) is -1.06. The van der Waals surface area contributed by atoms with Crippen molar-refractivity contribution in [3.8, 4) is 0 Å². The summed E-state index contributed by atoms with van der Waals surface area (Å²) in [5.74, 6) is -0.622. The largest absolute Gasteiger partial charge is 0.613 e. The Balaban J connectivity index is 1.43. The smallest absolute Gasteiger partial charge is 0.464 e. The molecule has 1 aromatic carbocycles. The van der Waals surface area contributed by atoms with Crippen LogP contribution in [0.1, 0.15) is 55.8 Å². The molecule has 0 spiro atoms. The first-order chi connectivity index (χ1) is 20.6. The molecule has 13 nitrogen and oxygen atoms in total. The first-order valence-corrected chi connectivity index (χ1v) is 15.1. The van der Waals surface area contributed by atoms with Crippen LogP contribution in [-0.4, -0.2) is 80.4 Å². The zero-order valence-electron chi connectivity index (χ0n) is 24.1. The molecule has 0 saturated carbocycles. The second kappa shape index (κ2) is 14.4. The Labute approximate surface area is 248 Å². The molecule has 6 atom stereocenters. The SMILES string of the molecule is CCC(CC)COC(=O)[C@H](C)N[P+](=O)OC[C@@]1(CF)O[C@@H](c2ccc3c(NC(=O)c4ccccc4)ncnn23)[C@H](O)[C@@H]1O. The Kier molecular flexibility index (Phi) is 10.9. The monoisotopic (exact) mass is 620 g/mol. The van der Waals surface area contributed by atoms with Crippen LogP contribution in [0.5, 0.6) is 0 Å². The Morgan fingerprint density at radius 1 is 1.19 bits per heavy atom. The lowest BCUT2D eigenvalue weighted by Crippen LogP contribution is -2.48. The van der Waals surface area contributed by atoms with Gasteiger partial charge in [0.1, 0.15) is 49.5 Å². The summed E-state index contributed by atoms with van der Waals surface area (Å²) < 4.78 is 44.7. The van der Waals surface area contributed by atoms with Crippen LogP contribution in [0.3, 0.4) is 0 Å². The number of hydrogen-bond donors (Lipinski definition) is 4. The summed E-state index contributed by atoms with van der Waals surface area (Å²) in [6.45, 7) is 3.69. The van der Waals surface area contributed by atoms with Gasteiger partial charge in [-0.1, -0.05) is 50.0 Å². The van der Waals surface area contributed by atoms with Gasteiger partial charge in [-0.15, -0.1) is 4.52 Å². The highest BCUT2D eigenvalue weighted by molar-refractivity contribution is 7.36. The number of halogens is 1. The Bertz CT molecular complexity index is 1420. The number of nitrogens with zero attached hydrogens (tertiary/aromatic N) is 3. The van der Waals surface area contributed by atoms with Crippen molar-refractivity contribution in [1.82, 2.24) is 19.7 Å². The summed E-state index contributed by atoms with van der Waals surface area (Å²) in [5, 5.41) is 31.0. The molecule has 2 aromatic heterocycles. The molecule has 43 heavy (non-hydrogen) atoms. The lowest BCUT2D eigenvalue weighted by Gasteiger charge is -2.26. The highest BCUT2D eigenvalue weighted by Gasteiger charge is 2.57. The first-order valence-electron chi connectivity index (χ1n) is 14.0. The van der Waals surface area contributed by atoms with Crippen molar-refractivity contribution in [2.75, 3.05) is 25.2 Å². The molecule has 4 rings (SSSR count). The van der Waals surface area contributed by atoms with Gasteiger partial charge in [0.05, 0.1) is 12.3 Å². The van der Waals surface area contributed by atoms with Gasteiger partial charge in [-0.25, -0.2) is 13.9 Å². The molecule has 1 aliphatic rings.